The third kappa shape index (κ3) is 2.07. The molecular weight excluding hydrogens is 214 g/mol. The molecule has 2 bridgehead atoms. The molecule has 3 heterocycles. The SMILES string of the molecule is CCNC(c1cncnc1)C1CC2CCC1O2. The first-order chi connectivity index (χ1) is 8.38. The Bertz CT molecular complexity index is 370. The summed E-state index contributed by atoms with van der Waals surface area (Å²) in [6.45, 7) is 3.11. The summed E-state index contributed by atoms with van der Waals surface area (Å²) in [7, 11) is 0. The van der Waals surface area contributed by atoms with E-state index in [0.717, 1.165) is 6.54 Å². The van der Waals surface area contributed by atoms with Gasteiger partial charge in [-0.3, -0.25) is 0 Å². The molecule has 4 nitrogen and oxygen atoms in total. The van der Waals surface area contributed by atoms with Gasteiger partial charge < -0.3 is 10.1 Å². The Morgan fingerprint density at radius 3 is 2.82 bits per heavy atom. The van der Waals surface area contributed by atoms with Crippen LogP contribution in [-0.2, 0) is 4.74 Å². The molecule has 2 saturated heterocycles. The van der Waals surface area contributed by atoms with Gasteiger partial charge in [-0.25, -0.2) is 9.97 Å². The third-order valence-electron chi connectivity index (χ3n) is 3.94. The molecule has 2 aliphatic rings. The predicted molar refractivity (Wildman–Crippen MR) is 64.5 cm³/mol. The lowest BCUT2D eigenvalue weighted by molar-refractivity contribution is 0.0857. The van der Waals surface area contributed by atoms with Gasteiger partial charge in [-0.1, -0.05) is 6.92 Å². The summed E-state index contributed by atoms with van der Waals surface area (Å²) in [6.07, 6.45) is 10.00. The molecule has 17 heavy (non-hydrogen) atoms. The van der Waals surface area contributed by atoms with E-state index in [0.29, 0.717) is 24.2 Å². The Kier molecular flexibility index (Phi) is 3.07. The van der Waals surface area contributed by atoms with Crippen LogP contribution in [0.15, 0.2) is 18.7 Å². The van der Waals surface area contributed by atoms with E-state index in [-0.39, 0.29) is 0 Å². The lowest BCUT2D eigenvalue weighted by Gasteiger charge is -2.28. The highest BCUT2D eigenvalue weighted by Crippen LogP contribution is 2.44. The molecule has 92 valence electrons. The smallest absolute Gasteiger partial charge is 0.115 e. The van der Waals surface area contributed by atoms with Crippen molar-refractivity contribution in [3.63, 3.8) is 0 Å². The maximum Gasteiger partial charge on any atom is 0.115 e. The highest BCUT2D eigenvalue weighted by molar-refractivity contribution is 5.13. The number of hydrogen-bond donors (Lipinski definition) is 1. The quantitative estimate of drug-likeness (QED) is 0.859. The lowest BCUT2D eigenvalue weighted by Crippen LogP contribution is -2.33. The van der Waals surface area contributed by atoms with Crippen LogP contribution >= 0.6 is 0 Å². The number of fused-ring (bicyclic) bond motifs is 2. The van der Waals surface area contributed by atoms with Crippen LogP contribution in [0.25, 0.3) is 0 Å². The first-order valence-electron chi connectivity index (χ1n) is 6.52. The molecule has 4 heteroatoms. The van der Waals surface area contributed by atoms with Gasteiger partial charge in [0.25, 0.3) is 0 Å². The maximum atomic E-state index is 5.95. The lowest BCUT2D eigenvalue weighted by atomic mass is 9.81. The topological polar surface area (TPSA) is 47.0 Å². The van der Waals surface area contributed by atoms with Crippen molar-refractivity contribution in [1.82, 2.24) is 15.3 Å². The minimum absolute atomic E-state index is 0.344. The van der Waals surface area contributed by atoms with Gasteiger partial charge in [0.2, 0.25) is 0 Å². The van der Waals surface area contributed by atoms with Crippen molar-refractivity contribution in [1.29, 1.82) is 0 Å². The second kappa shape index (κ2) is 4.70. The Morgan fingerprint density at radius 1 is 1.41 bits per heavy atom. The second-order valence-electron chi connectivity index (χ2n) is 4.98. The molecule has 1 aromatic heterocycles. The van der Waals surface area contributed by atoms with Crippen molar-refractivity contribution in [2.75, 3.05) is 6.54 Å². The van der Waals surface area contributed by atoms with Gasteiger partial charge >= 0.3 is 0 Å². The number of aromatic nitrogens is 2. The molecule has 0 aliphatic carbocycles. The van der Waals surface area contributed by atoms with E-state index in [2.05, 4.69) is 22.2 Å². The minimum atomic E-state index is 0.344. The van der Waals surface area contributed by atoms with Crippen LogP contribution in [0.5, 0.6) is 0 Å². The van der Waals surface area contributed by atoms with Gasteiger partial charge in [-0.2, -0.15) is 0 Å². The van der Waals surface area contributed by atoms with E-state index in [1.807, 2.05) is 12.4 Å². The number of hydrogen-bond acceptors (Lipinski definition) is 4. The fraction of sp³-hybridized carbons (Fsp3) is 0.692. The first kappa shape index (κ1) is 11.1. The minimum Gasteiger partial charge on any atom is -0.375 e. The number of nitrogens with one attached hydrogen (secondary N) is 1. The van der Waals surface area contributed by atoms with Crippen molar-refractivity contribution in [2.24, 2.45) is 5.92 Å². The molecule has 0 radical (unpaired) electrons. The largest absolute Gasteiger partial charge is 0.375 e. The van der Waals surface area contributed by atoms with Crippen LogP contribution in [0.4, 0.5) is 0 Å². The number of nitrogens with zero attached hydrogens (tertiary/aromatic N) is 2. The fourth-order valence-corrected chi connectivity index (χ4v) is 3.24. The van der Waals surface area contributed by atoms with Crippen LogP contribution < -0.4 is 5.32 Å². The van der Waals surface area contributed by atoms with Gasteiger partial charge in [-0.15, -0.1) is 0 Å². The molecule has 3 rings (SSSR count). The highest BCUT2D eigenvalue weighted by Gasteiger charge is 2.44. The normalized spacial score (nSPS) is 32.9. The van der Waals surface area contributed by atoms with E-state index in [1.165, 1.54) is 24.8 Å². The van der Waals surface area contributed by atoms with Gasteiger partial charge in [0.15, 0.2) is 0 Å². The molecule has 2 aliphatic heterocycles. The Balaban J connectivity index is 1.81. The van der Waals surface area contributed by atoms with E-state index in [1.54, 1.807) is 6.33 Å². The van der Waals surface area contributed by atoms with E-state index >= 15 is 0 Å². The summed E-state index contributed by atoms with van der Waals surface area (Å²) in [5, 5.41) is 3.57. The molecule has 0 aromatic carbocycles. The highest BCUT2D eigenvalue weighted by atomic mass is 16.5. The van der Waals surface area contributed by atoms with Crippen molar-refractivity contribution in [3.05, 3.63) is 24.3 Å². The van der Waals surface area contributed by atoms with E-state index < -0.39 is 0 Å². The fourth-order valence-electron chi connectivity index (χ4n) is 3.24. The summed E-state index contributed by atoms with van der Waals surface area (Å²) in [5.41, 5.74) is 1.19. The monoisotopic (exact) mass is 233 g/mol. The van der Waals surface area contributed by atoms with Crippen molar-refractivity contribution in [3.8, 4) is 0 Å². The van der Waals surface area contributed by atoms with Crippen LogP contribution in [0, 0.1) is 5.92 Å². The first-order valence-corrected chi connectivity index (χ1v) is 6.52. The van der Waals surface area contributed by atoms with Crippen LogP contribution in [-0.4, -0.2) is 28.7 Å². The maximum absolute atomic E-state index is 5.95. The third-order valence-corrected chi connectivity index (χ3v) is 3.94. The van der Waals surface area contributed by atoms with Crippen LogP contribution in [0.2, 0.25) is 0 Å². The van der Waals surface area contributed by atoms with Gasteiger partial charge in [0.05, 0.1) is 12.2 Å². The zero-order valence-electron chi connectivity index (χ0n) is 10.2. The summed E-state index contributed by atoms with van der Waals surface area (Å²) < 4.78 is 5.95. The van der Waals surface area contributed by atoms with Gasteiger partial charge in [0, 0.05) is 29.9 Å². The molecule has 4 atom stereocenters. The van der Waals surface area contributed by atoms with Gasteiger partial charge in [0.1, 0.15) is 6.33 Å². The zero-order valence-corrected chi connectivity index (χ0v) is 10.2. The van der Waals surface area contributed by atoms with Crippen molar-refractivity contribution < 1.29 is 4.74 Å². The van der Waals surface area contributed by atoms with Crippen LogP contribution in [0.1, 0.15) is 37.8 Å². The molecule has 0 amide bonds. The van der Waals surface area contributed by atoms with Crippen LogP contribution in [0.3, 0.4) is 0 Å². The molecule has 4 unspecified atom stereocenters. The summed E-state index contributed by atoms with van der Waals surface area (Å²) >= 11 is 0. The summed E-state index contributed by atoms with van der Waals surface area (Å²) in [6, 6.07) is 0.344. The zero-order chi connectivity index (χ0) is 11.7. The molecule has 2 fully saturated rings. The van der Waals surface area contributed by atoms with Crippen molar-refractivity contribution >= 4 is 0 Å². The van der Waals surface area contributed by atoms with E-state index in [4.69, 9.17) is 4.74 Å². The second-order valence-corrected chi connectivity index (χ2v) is 4.98. The molecule has 1 N–H and O–H groups in total. The predicted octanol–water partition coefficient (Wildman–Crippen LogP) is 1.69. The van der Waals surface area contributed by atoms with E-state index in [9.17, 15) is 0 Å². The number of ether oxygens (including phenoxy) is 1. The van der Waals surface area contributed by atoms with Gasteiger partial charge in [-0.05, 0) is 25.8 Å². The summed E-state index contributed by atoms with van der Waals surface area (Å²) in [4.78, 5) is 8.26. The Hall–Kier alpha value is -1.00. The average Bonchev–Trinajstić information content (AvgIpc) is 2.99. The van der Waals surface area contributed by atoms with Crippen molar-refractivity contribution in [2.45, 2.75) is 44.4 Å². The molecule has 1 aromatic rings. The average molecular weight is 233 g/mol. The number of rotatable bonds is 4. The Labute approximate surface area is 102 Å². The summed E-state index contributed by atoms with van der Waals surface area (Å²) in [5.74, 6) is 0.583. The molecule has 0 saturated carbocycles. The standard InChI is InChI=1S/C13H19N3O/c1-2-16-13(9-6-14-8-15-7-9)11-5-10-3-4-12(11)17-10/h6-8,10-13,16H,2-5H2,1H3. The molecule has 0 spiro atoms. The Morgan fingerprint density at radius 2 is 2.24 bits per heavy atom. The molecular formula is C13H19N3O.